The number of nitrogens with zero attached hydrogens (tertiary/aromatic N) is 1. The van der Waals surface area contributed by atoms with Crippen molar-refractivity contribution in [3.63, 3.8) is 0 Å². The molecule has 2 nitrogen and oxygen atoms in total. The van der Waals surface area contributed by atoms with Gasteiger partial charge in [-0.05, 0) is 20.0 Å². The molecule has 0 saturated carbocycles. The minimum absolute atomic E-state index is 0.653. The second kappa shape index (κ2) is 6.78. The van der Waals surface area contributed by atoms with Gasteiger partial charge in [0, 0.05) is 13.1 Å². The number of nitrogens with two attached hydrogens (primary N) is 1. The maximum Gasteiger partial charge on any atom is 0.0160 e. The van der Waals surface area contributed by atoms with E-state index >= 15 is 0 Å². The van der Waals surface area contributed by atoms with Crippen LogP contribution in [0.25, 0.3) is 0 Å². The number of rotatable bonds is 5. The van der Waals surface area contributed by atoms with Crippen LogP contribution in [-0.4, -0.2) is 31.6 Å². The second-order valence-electron chi connectivity index (χ2n) is 2.47. The van der Waals surface area contributed by atoms with E-state index in [-0.39, 0.29) is 0 Å². The van der Waals surface area contributed by atoms with Gasteiger partial charge in [0.25, 0.3) is 0 Å². The lowest BCUT2D eigenvalue weighted by molar-refractivity contribution is 0.370. The van der Waals surface area contributed by atoms with Crippen molar-refractivity contribution in [2.24, 2.45) is 5.73 Å². The van der Waals surface area contributed by atoms with Crippen LogP contribution in [0.1, 0.15) is 13.3 Å². The molecule has 0 heterocycles. The fourth-order valence-electron chi connectivity index (χ4n) is 0.824. The average molecular weight is 142 g/mol. The topological polar surface area (TPSA) is 29.3 Å². The third-order valence-electron chi connectivity index (χ3n) is 1.33. The second-order valence-corrected chi connectivity index (χ2v) is 2.47. The third-order valence-corrected chi connectivity index (χ3v) is 1.33. The van der Waals surface area contributed by atoms with Crippen molar-refractivity contribution in [1.29, 1.82) is 0 Å². The summed E-state index contributed by atoms with van der Waals surface area (Å²) < 4.78 is 0. The largest absolute Gasteiger partial charge is 0.327 e. The maximum atomic E-state index is 5.28. The van der Waals surface area contributed by atoms with E-state index in [1.54, 1.807) is 0 Å². The highest BCUT2D eigenvalue weighted by Crippen LogP contribution is 1.85. The van der Waals surface area contributed by atoms with E-state index in [1.807, 2.05) is 6.08 Å². The summed E-state index contributed by atoms with van der Waals surface area (Å²) in [5, 5.41) is 0. The van der Waals surface area contributed by atoms with Gasteiger partial charge in [-0.3, -0.25) is 0 Å². The van der Waals surface area contributed by atoms with Crippen LogP contribution in [0, 0.1) is 0 Å². The smallest absolute Gasteiger partial charge is 0.0160 e. The van der Waals surface area contributed by atoms with Crippen LogP contribution < -0.4 is 5.73 Å². The molecule has 0 fully saturated rings. The summed E-state index contributed by atoms with van der Waals surface area (Å²) in [6.45, 7) is 5.02. The lowest BCUT2D eigenvalue weighted by atomic mass is 10.4. The summed E-state index contributed by atoms with van der Waals surface area (Å²) in [6, 6.07) is 0. The first kappa shape index (κ1) is 9.66. The Labute approximate surface area is 63.7 Å². The number of hydrogen-bond donors (Lipinski definition) is 1. The fourth-order valence-corrected chi connectivity index (χ4v) is 0.824. The molecular formula is C8H18N2. The average Bonchev–Trinajstić information content (AvgIpc) is 1.89. The zero-order valence-corrected chi connectivity index (χ0v) is 7.01. The monoisotopic (exact) mass is 142 g/mol. The van der Waals surface area contributed by atoms with E-state index in [2.05, 4.69) is 24.9 Å². The van der Waals surface area contributed by atoms with Crippen molar-refractivity contribution in [3.8, 4) is 0 Å². The first-order valence-corrected chi connectivity index (χ1v) is 3.84. The van der Waals surface area contributed by atoms with Crippen LogP contribution in [-0.2, 0) is 0 Å². The van der Waals surface area contributed by atoms with Crippen molar-refractivity contribution in [2.45, 2.75) is 13.3 Å². The van der Waals surface area contributed by atoms with Crippen LogP contribution in [0.2, 0.25) is 0 Å². The van der Waals surface area contributed by atoms with E-state index in [1.165, 1.54) is 6.42 Å². The van der Waals surface area contributed by atoms with Crippen molar-refractivity contribution < 1.29 is 0 Å². The normalized spacial score (nSPS) is 11.6. The molecule has 0 amide bonds. The Kier molecular flexibility index (Phi) is 6.55. The molecular weight excluding hydrogens is 124 g/mol. The highest BCUT2D eigenvalue weighted by molar-refractivity contribution is 4.84. The van der Waals surface area contributed by atoms with Gasteiger partial charge in [-0.25, -0.2) is 0 Å². The van der Waals surface area contributed by atoms with Gasteiger partial charge in [0.05, 0.1) is 0 Å². The van der Waals surface area contributed by atoms with Gasteiger partial charge in [0.2, 0.25) is 0 Å². The SMILES string of the molecule is CCCN(C)CC=CCN. The summed E-state index contributed by atoms with van der Waals surface area (Å²) in [5.41, 5.74) is 5.28. The molecule has 0 aliphatic heterocycles. The molecule has 10 heavy (non-hydrogen) atoms. The molecule has 60 valence electrons. The highest BCUT2D eigenvalue weighted by atomic mass is 15.1. The summed E-state index contributed by atoms with van der Waals surface area (Å²) in [6.07, 6.45) is 5.31. The van der Waals surface area contributed by atoms with Gasteiger partial charge in [0.1, 0.15) is 0 Å². The molecule has 0 bridgehead atoms. The van der Waals surface area contributed by atoms with E-state index in [4.69, 9.17) is 5.73 Å². The minimum atomic E-state index is 0.653. The minimum Gasteiger partial charge on any atom is -0.327 e. The first-order chi connectivity index (χ1) is 4.81. The molecule has 0 aliphatic carbocycles. The molecule has 0 spiro atoms. The Balaban J connectivity index is 3.20. The van der Waals surface area contributed by atoms with Crippen LogP contribution in [0.15, 0.2) is 12.2 Å². The lowest BCUT2D eigenvalue weighted by Crippen LogP contribution is -2.18. The Morgan fingerprint density at radius 1 is 1.40 bits per heavy atom. The Morgan fingerprint density at radius 3 is 2.60 bits per heavy atom. The summed E-state index contributed by atoms with van der Waals surface area (Å²) in [5.74, 6) is 0. The standard InChI is InChI=1S/C8H18N2/c1-3-7-10(2)8-5-4-6-9/h4-5H,3,6-9H2,1-2H3. The first-order valence-electron chi connectivity index (χ1n) is 3.84. The van der Waals surface area contributed by atoms with Crippen molar-refractivity contribution in [1.82, 2.24) is 4.90 Å². The van der Waals surface area contributed by atoms with Crippen molar-refractivity contribution >= 4 is 0 Å². The zero-order valence-electron chi connectivity index (χ0n) is 7.01. The van der Waals surface area contributed by atoms with Gasteiger partial charge in [-0.15, -0.1) is 0 Å². The van der Waals surface area contributed by atoms with Gasteiger partial charge < -0.3 is 10.6 Å². The predicted molar refractivity (Wildman–Crippen MR) is 46.0 cm³/mol. The van der Waals surface area contributed by atoms with Crippen LogP contribution >= 0.6 is 0 Å². The maximum absolute atomic E-state index is 5.28. The molecule has 2 heteroatoms. The zero-order chi connectivity index (χ0) is 7.82. The fraction of sp³-hybridized carbons (Fsp3) is 0.750. The molecule has 2 N–H and O–H groups in total. The van der Waals surface area contributed by atoms with Crippen molar-refractivity contribution in [2.75, 3.05) is 26.7 Å². The van der Waals surface area contributed by atoms with Crippen LogP contribution in [0.3, 0.4) is 0 Å². The quantitative estimate of drug-likeness (QED) is 0.576. The summed E-state index contributed by atoms with van der Waals surface area (Å²) in [4.78, 5) is 2.27. The highest BCUT2D eigenvalue weighted by Gasteiger charge is 1.89. The molecule has 0 aromatic rings. The molecule has 0 saturated heterocycles. The molecule has 0 rings (SSSR count). The molecule has 0 radical (unpaired) electrons. The van der Waals surface area contributed by atoms with Gasteiger partial charge in [-0.1, -0.05) is 19.1 Å². The lowest BCUT2D eigenvalue weighted by Gasteiger charge is -2.11. The van der Waals surface area contributed by atoms with E-state index in [0.29, 0.717) is 6.54 Å². The Bertz CT molecular complexity index is 89.3. The Hall–Kier alpha value is -0.340. The van der Waals surface area contributed by atoms with E-state index < -0.39 is 0 Å². The summed E-state index contributed by atoms with van der Waals surface area (Å²) >= 11 is 0. The van der Waals surface area contributed by atoms with E-state index in [9.17, 15) is 0 Å². The predicted octanol–water partition coefficient (Wildman–Crippen LogP) is 0.843. The molecule has 0 atom stereocenters. The molecule has 0 aliphatic rings. The molecule has 0 unspecified atom stereocenters. The van der Waals surface area contributed by atoms with Crippen molar-refractivity contribution in [3.05, 3.63) is 12.2 Å². The number of likely N-dealkylation sites (N-methyl/N-ethyl adjacent to an activating group) is 1. The molecule has 0 aromatic heterocycles. The van der Waals surface area contributed by atoms with Gasteiger partial charge in [-0.2, -0.15) is 0 Å². The third kappa shape index (κ3) is 5.79. The summed E-state index contributed by atoms with van der Waals surface area (Å²) in [7, 11) is 2.12. The molecule has 0 aromatic carbocycles. The van der Waals surface area contributed by atoms with Gasteiger partial charge >= 0.3 is 0 Å². The number of hydrogen-bond acceptors (Lipinski definition) is 2. The van der Waals surface area contributed by atoms with Crippen LogP contribution in [0.5, 0.6) is 0 Å². The Morgan fingerprint density at radius 2 is 2.10 bits per heavy atom. The van der Waals surface area contributed by atoms with E-state index in [0.717, 1.165) is 13.1 Å². The van der Waals surface area contributed by atoms with Gasteiger partial charge in [0.15, 0.2) is 0 Å². The van der Waals surface area contributed by atoms with Crippen LogP contribution in [0.4, 0.5) is 0 Å².